The Bertz CT molecular complexity index is 1230. The highest BCUT2D eigenvalue weighted by Crippen LogP contribution is 2.22. The topological polar surface area (TPSA) is 98.1 Å². The Hall–Kier alpha value is -2.01. The SMILES string of the molecule is Cc1ccc2nc(SCC(=O)c3ccc(CCNS(C)(=O)=O)s3)n(C)c(=O)c2c1. The fourth-order valence-corrected chi connectivity index (χ4v) is 5.08. The Kier molecular flexibility index (Phi) is 6.57. The first-order chi connectivity index (χ1) is 13.6. The summed E-state index contributed by atoms with van der Waals surface area (Å²) >= 11 is 2.58. The molecule has 0 bridgehead atoms. The van der Waals surface area contributed by atoms with E-state index in [2.05, 4.69) is 9.71 Å². The highest BCUT2D eigenvalue weighted by molar-refractivity contribution is 7.99. The summed E-state index contributed by atoms with van der Waals surface area (Å²) in [5.74, 6) is 0.111. The molecule has 0 saturated carbocycles. The summed E-state index contributed by atoms with van der Waals surface area (Å²) in [6, 6.07) is 9.11. The van der Waals surface area contributed by atoms with Crippen molar-refractivity contribution in [2.45, 2.75) is 18.5 Å². The molecule has 1 N–H and O–H groups in total. The first kappa shape index (κ1) is 21.7. The van der Waals surface area contributed by atoms with Crippen molar-refractivity contribution in [1.29, 1.82) is 0 Å². The monoisotopic (exact) mass is 451 g/mol. The number of sulfonamides is 1. The van der Waals surface area contributed by atoms with Crippen LogP contribution in [0.25, 0.3) is 10.9 Å². The van der Waals surface area contributed by atoms with Crippen LogP contribution in [-0.2, 0) is 23.5 Å². The fraction of sp³-hybridized carbons (Fsp3) is 0.316. The smallest absolute Gasteiger partial charge is 0.261 e. The summed E-state index contributed by atoms with van der Waals surface area (Å²) in [6.07, 6.45) is 1.64. The van der Waals surface area contributed by atoms with Gasteiger partial charge in [-0.05, 0) is 37.6 Å². The summed E-state index contributed by atoms with van der Waals surface area (Å²) in [5, 5.41) is 1.06. The van der Waals surface area contributed by atoms with Crippen LogP contribution in [0.3, 0.4) is 0 Å². The predicted octanol–water partition coefficient (Wildman–Crippen LogP) is 2.37. The third kappa shape index (κ3) is 5.53. The molecule has 0 fully saturated rings. The number of thioether (sulfide) groups is 1. The molecule has 3 rings (SSSR count). The second kappa shape index (κ2) is 8.78. The minimum Gasteiger partial charge on any atom is -0.292 e. The van der Waals surface area contributed by atoms with Crippen LogP contribution in [0.15, 0.2) is 40.3 Å². The van der Waals surface area contributed by atoms with Gasteiger partial charge in [-0.3, -0.25) is 14.2 Å². The number of carbonyl (C=O) groups is 1. The van der Waals surface area contributed by atoms with Crippen molar-refractivity contribution in [2.75, 3.05) is 18.6 Å². The van der Waals surface area contributed by atoms with Crippen molar-refractivity contribution in [3.63, 3.8) is 0 Å². The standard InChI is InChI=1S/C19H21N3O4S3/c1-12-4-6-15-14(10-12)18(24)22(2)19(21-15)27-11-16(23)17-7-5-13(28-17)8-9-20-29(3,25)26/h4-7,10,20H,8-9,11H2,1-3H3. The zero-order valence-electron chi connectivity index (χ0n) is 16.3. The number of rotatable bonds is 8. The number of aromatic nitrogens is 2. The average Bonchev–Trinajstić information content (AvgIpc) is 3.12. The van der Waals surface area contributed by atoms with E-state index in [1.54, 1.807) is 13.1 Å². The molecular weight excluding hydrogens is 430 g/mol. The lowest BCUT2D eigenvalue weighted by atomic mass is 10.2. The number of carbonyl (C=O) groups excluding carboxylic acids is 1. The van der Waals surface area contributed by atoms with Crippen molar-refractivity contribution >= 4 is 49.8 Å². The molecule has 0 saturated heterocycles. The number of benzene rings is 1. The van der Waals surface area contributed by atoms with Crippen LogP contribution < -0.4 is 10.3 Å². The normalized spacial score (nSPS) is 11.8. The van der Waals surface area contributed by atoms with Crippen molar-refractivity contribution < 1.29 is 13.2 Å². The minimum atomic E-state index is -3.22. The molecule has 7 nitrogen and oxygen atoms in total. The van der Waals surface area contributed by atoms with E-state index < -0.39 is 10.0 Å². The molecule has 29 heavy (non-hydrogen) atoms. The van der Waals surface area contributed by atoms with Crippen LogP contribution in [0.5, 0.6) is 0 Å². The highest BCUT2D eigenvalue weighted by Gasteiger charge is 2.14. The quantitative estimate of drug-likeness (QED) is 0.321. The first-order valence-electron chi connectivity index (χ1n) is 8.81. The third-order valence-corrected chi connectivity index (χ3v) is 7.14. The number of hydrogen-bond acceptors (Lipinski definition) is 7. The van der Waals surface area contributed by atoms with Crippen LogP contribution >= 0.6 is 23.1 Å². The lowest BCUT2D eigenvalue weighted by Crippen LogP contribution is -2.23. The molecule has 0 aliphatic heterocycles. The number of ketones is 1. The average molecular weight is 452 g/mol. The van der Waals surface area contributed by atoms with E-state index in [4.69, 9.17) is 0 Å². The van der Waals surface area contributed by atoms with Gasteiger partial charge in [-0.1, -0.05) is 23.4 Å². The van der Waals surface area contributed by atoms with Gasteiger partial charge in [0.25, 0.3) is 5.56 Å². The van der Waals surface area contributed by atoms with Gasteiger partial charge >= 0.3 is 0 Å². The van der Waals surface area contributed by atoms with Gasteiger partial charge in [0.05, 0.1) is 27.8 Å². The van der Waals surface area contributed by atoms with E-state index in [-0.39, 0.29) is 17.1 Å². The fourth-order valence-electron chi connectivity index (χ4n) is 2.72. The maximum absolute atomic E-state index is 12.6. The summed E-state index contributed by atoms with van der Waals surface area (Å²) < 4.78 is 26.1. The van der Waals surface area contributed by atoms with Gasteiger partial charge in [0, 0.05) is 18.5 Å². The van der Waals surface area contributed by atoms with Gasteiger partial charge in [-0.2, -0.15) is 0 Å². The van der Waals surface area contributed by atoms with Gasteiger partial charge in [0.1, 0.15) is 0 Å². The van der Waals surface area contributed by atoms with E-state index in [1.165, 1.54) is 27.7 Å². The molecule has 2 heterocycles. The number of thiophene rings is 1. The van der Waals surface area contributed by atoms with E-state index in [9.17, 15) is 18.0 Å². The molecule has 10 heteroatoms. The minimum absolute atomic E-state index is 0.0550. The second-order valence-electron chi connectivity index (χ2n) is 6.67. The van der Waals surface area contributed by atoms with E-state index in [0.717, 1.165) is 16.7 Å². The molecule has 0 aliphatic carbocycles. The Labute approximate surface area is 177 Å². The molecule has 0 atom stereocenters. The second-order valence-corrected chi connectivity index (χ2v) is 10.6. The van der Waals surface area contributed by atoms with Gasteiger partial charge in [-0.25, -0.2) is 18.1 Å². The van der Waals surface area contributed by atoms with Crippen molar-refractivity contribution in [1.82, 2.24) is 14.3 Å². The molecular formula is C19H21N3O4S3. The molecule has 1 aromatic carbocycles. The van der Waals surface area contributed by atoms with Crippen LogP contribution in [0.1, 0.15) is 20.1 Å². The summed E-state index contributed by atoms with van der Waals surface area (Å²) in [6.45, 7) is 2.22. The van der Waals surface area contributed by atoms with Crippen molar-refractivity contribution in [3.8, 4) is 0 Å². The van der Waals surface area contributed by atoms with E-state index in [0.29, 0.717) is 33.9 Å². The van der Waals surface area contributed by atoms with Crippen LogP contribution in [0, 0.1) is 6.92 Å². The molecule has 0 unspecified atom stereocenters. The lowest BCUT2D eigenvalue weighted by Gasteiger charge is -2.08. The Morgan fingerprint density at radius 2 is 2.03 bits per heavy atom. The number of nitrogens with one attached hydrogen (secondary N) is 1. The molecule has 0 aliphatic rings. The summed E-state index contributed by atoms with van der Waals surface area (Å²) in [5.41, 5.74) is 1.48. The number of aryl methyl sites for hydroxylation is 1. The number of nitrogens with zero attached hydrogens (tertiary/aromatic N) is 2. The molecule has 0 amide bonds. The van der Waals surface area contributed by atoms with Crippen LogP contribution in [0.2, 0.25) is 0 Å². The van der Waals surface area contributed by atoms with E-state index >= 15 is 0 Å². The maximum atomic E-state index is 12.6. The number of hydrogen-bond donors (Lipinski definition) is 1. The van der Waals surface area contributed by atoms with Gasteiger partial charge in [0.2, 0.25) is 10.0 Å². The maximum Gasteiger partial charge on any atom is 0.261 e. The molecule has 154 valence electrons. The van der Waals surface area contributed by atoms with Crippen LogP contribution in [-0.4, -0.2) is 42.3 Å². The van der Waals surface area contributed by atoms with Crippen molar-refractivity contribution in [2.24, 2.45) is 7.05 Å². The predicted molar refractivity (Wildman–Crippen MR) is 118 cm³/mol. The number of Topliss-reactive ketones (excluding diaryl/α,β-unsaturated/α-hetero) is 1. The zero-order chi connectivity index (χ0) is 21.2. The van der Waals surface area contributed by atoms with Gasteiger partial charge < -0.3 is 0 Å². The summed E-state index contributed by atoms with van der Waals surface area (Å²) in [7, 11) is -1.56. The molecule has 0 radical (unpaired) electrons. The third-order valence-electron chi connectivity index (χ3n) is 4.19. The van der Waals surface area contributed by atoms with Crippen LogP contribution in [0.4, 0.5) is 0 Å². The summed E-state index contributed by atoms with van der Waals surface area (Å²) in [4.78, 5) is 31.2. The Morgan fingerprint density at radius 3 is 2.76 bits per heavy atom. The Balaban J connectivity index is 1.67. The molecule has 0 spiro atoms. The van der Waals surface area contributed by atoms with Crippen molar-refractivity contribution in [3.05, 3.63) is 56.0 Å². The van der Waals surface area contributed by atoms with E-state index in [1.807, 2.05) is 31.2 Å². The number of fused-ring (bicyclic) bond motifs is 1. The largest absolute Gasteiger partial charge is 0.292 e. The zero-order valence-corrected chi connectivity index (χ0v) is 18.7. The van der Waals surface area contributed by atoms with Gasteiger partial charge in [-0.15, -0.1) is 11.3 Å². The Morgan fingerprint density at radius 1 is 1.28 bits per heavy atom. The first-order valence-corrected chi connectivity index (χ1v) is 12.5. The van der Waals surface area contributed by atoms with Gasteiger partial charge in [0.15, 0.2) is 10.9 Å². The molecule has 3 aromatic rings. The molecule has 2 aromatic heterocycles. The lowest BCUT2D eigenvalue weighted by molar-refractivity contribution is 0.102. The highest BCUT2D eigenvalue weighted by atomic mass is 32.2.